The number of benzene rings is 3. The molecule has 7 heteroatoms. The molecule has 0 aromatic heterocycles. The molecule has 1 aliphatic rings. The van der Waals surface area contributed by atoms with Crippen molar-refractivity contribution in [3.05, 3.63) is 83.4 Å². The van der Waals surface area contributed by atoms with Gasteiger partial charge in [-0.2, -0.15) is 0 Å². The Balaban J connectivity index is 1.55. The van der Waals surface area contributed by atoms with E-state index in [0.717, 1.165) is 6.42 Å². The maximum atomic E-state index is 13.5. The van der Waals surface area contributed by atoms with E-state index in [2.05, 4.69) is 17.4 Å². The standard InChI is InChI=1S/C30H34N2O5/c1-4-35-26-18-23(19-27(36-5-2)28(26)37-6-3)29(33)31-25-15-11-10-14-24(25)30(34)32-17-16-22(20-32)21-12-8-7-9-13-21/h7-15,18-19,22H,4-6,16-17,20H2,1-3H3,(H,31,33). The van der Waals surface area contributed by atoms with Gasteiger partial charge >= 0.3 is 0 Å². The van der Waals surface area contributed by atoms with Crippen molar-refractivity contribution >= 4 is 17.5 Å². The average Bonchev–Trinajstić information content (AvgIpc) is 3.41. The molecular formula is C30H34N2O5. The van der Waals surface area contributed by atoms with E-state index in [1.807, 2.05) is 49.9 Å². The van der Waals surface area contributed by atoms with Crippen LogP contribution in [-0.2, 0) is 0 Å². The molecule has 0 saturated carbocycles. The summed E-state index contributed by atoms with van der Waals surface area (Å²) >= 11 is 0. The summed E-state index contributed by atoms with van der Waals surface area (Å²) in [6, 6.07) is 20.7. The Morgan fingerprint density at radius 2 is 1.49 bits per heavy atom. The molecule has 7 nitrogen and oxygen atoms in total. The summed E-state index contributed by atoms with van der Waals surface area (Å²) < 4.78 is 17.2. The summed E-state index contributed by atoms with van der Waals surface area (Å²) in [5, 5.41) is 2.93. The zero-order chi connectivity index (χ0) is 26.2. The van der Waals surface area contributed by atoms with Crippen molar-refractivity contribution in [3.63, 3.8) is 0 Å². The summed E-state index contributed by atoms with van der Waals surface area (Å²) in [6.45, 7) is 8.19. The molecular weight excluding hydrogens is 468 g/mol. The van der Waals surface area contributed by atoms with Gasteiger partial charge in [-0.25, -0.2) is 0 Å². The van der Waals surface area contributed by atoms with Crippen molar-refractivity contribution in [1.82, 2.24) is 4.90 Å². The Morgan fingerprint density at radius 1 is 0.865 bits per heavy atom. The van der Waals surface area contributed by atoms with Crippen molar-refractivity contribution in [3.8, 4) is 17.2 Å². The first-order valence-corrected chi connectivity index (χ1v) is 12.9. The van der Waals surface area contributed by atoms with Gasteiger partial charge in [-0.05, 0) is 57.0 Å². The summed E-state index contributed by atoms with van der Waals surface area (Å²) in [5.41, 5.74) is 2.52. The predicted octanol–water partition coefficient (Wildman–Crippen LogP) is 5.76. The third-order valence-electron chi connectivity index (χ3n) is 6.32. The number of ether oxygens (including phenoxy) is 3. The Kier molecular flexibility index (Phi) is 8.67. The van der Waals surface area contributed by atoms with E-state index in [-0.39, 0.29) is 11.8 Å². The number of hydrogen-bond donors (Lipinski definition) is 1. The molecule has 3 aromatic carbocycles. The van der Waals surface area contributed by atoms with E-state index in [4.69, 9.17) is 14.2 Å². The zero-order valence-electron chi connectivity index (χ0n) is 21.7. The molecule has 4 rings (SSSR count). The van der Waals surface area contributed by atoms with Gasteiger partial charge in [0, 0.05) is 24.6 Å². The van der Waals surface area contributed by atoms with Gasteiger partial charge in [0.15, 0.2) is 11.5 Å². The molecule has 1 unspecified atom stereocenters. The first-order chi connectivity index (χ1) is 18.0. The van der Waals surface area contributed by atoms with Crippen LogP contribution in [0.15, 0.2) is 66.7 Å². The number of hydrogen-bond acceptors (Lipinski definition) is 5. The highest BCUT2D eigenvalue weighted by molar-refractivity contribution is 6.09. The summed E-state index contributed by atoms with van der Waals surface area (Å²) in [4.78, 5) is 28.7. The molecule has 2 amide bonds. The SMILES string of the molecule is CCOc1cc(C(=O)Nc2ccccc2C(=O)N2CCC(c3ccccc3)C2)cc(OCC)c1OCC. The van der Waals surface area contributed by atoms with Crippen LogP contribution in [0, 0.1) is 0 Å². The summed E-state index contributed by atoms with van der Waals surface area (Å²) in [5.74, 6) is 1.20. The van der Waals surface area contributed by atoms with Gasteiger partial charge in [-0.15, -0.1) is 0 Å². The number of para-hydroxylation sites is 1. The molecule has 0 bridgehead atoms. The molecule has 1 aliphatic heterocycles. The Morgan fingerprint density at radius 3 is 2.14 bits per heavy atom. The minimum atomic E-state index is -0.367. The molecule has 1 atom stereocenters. The molecule has 194 valence electrons. The number of carbonyl (C=O) groups excluding carboxylic acids is 2. The van der Waals surface area contributed by atoms with E-state index in [1.165, 1.54) is 5.56 Å². The van der Waals surface area contributed by atoms with E-state index in [1.54, 1.807) is 30.3 Å². The predicted molar refractivity (Wildman–Crippen MR) is 144 cm³/mol. The Hall–Kier alpha value is -4.00. The van der Waals surface area contributed by atoms with Crippen LogP contribution in [0.25, 0.3) is 0 Å². The largest absolute Gasteiger partial charge is 0.490 e. The third-order valence-corrected chi connectivity index (χ3v) is 6.32. The number of likely N-dealkylation sites (tertiary alicyclic amines) is 1. The van der Waals surface area contributed by atoms with Crippen molar-refractivity contribution in [2.75, 3.05) is 38.2 Å². The van der Waals surface area contributed by atoms with Gasteiger partial charge in [-0.1, -0.05) is 42.5 Å². The molecule has 1 heterocycles. The fourth-order valence-electron chi connectivity index (χ4n) is 4.61. The van der Waals surface area contributed by atoms with Crippen LogP contribution in [0.3, 0.4) is 0 Å². The van der Waals surface area contributed by atoms with Crippen LogP contribution >= 0.6 is 0 Å². The number of anilines is 1. The lowest BCUT2D eigenvalue weighted by molar-refractivity contribution is 0.0792. The van der Waals surface area contributed by atoms with Crippen LogP contribution in [0.4, 0.5) is 5.69 Å². The van der Waals surface area contributed by atoms with Crippen molar-refractivity contribution in [1.29, 1.82) is 0 Å². The second-order valence-corrected chi connectivity index (χ2v) is 8.75. The fraction of sp³-hybridized carbons (Fsp3) is 0.333. The quantitative estimate of drug-likeness (QED) is 0.381. The number of rotatable bonds is 10. The number of carbonyl (C=O) groups is 2. The molecule has 0 spiro atoms. The van der Waals surface area contributed by atoms with E-state index < -0.39 is 0 Å². The second kappa shape index (κ2) is 12.3. The van der Waals surface area contributed by atoms with Crippen molar-refractivity contribution < 1.29 is 23.8 Å². The summed E-state index contributed by atoms with van der Waals surface area (Å²) in [6.07, 6.45) is 0.914. The average molecular weight is 503 g/mol. The lowest BCUT2D eigenvalue weighted by atomic mass is 9.99. The minimum Gasteiger partial charge on any atom is -0.490 e. The highest BCUT2D eigenvalue weighted by Crippen LogP contribution is 2.39. The smallest absolute Gasteiger partial charge is 0.255 e. The molecule has 1 fully saturated rings. The highest BCUT2D eigenvalue weighted by Gasteiger charge is 2.29. The number of nitrogens with one attached hydrogen (secondary N) is 1. The van der Waals surface area contributed by atoms with Gasteiger partial charge in [-0.3, -0.25) is 9.59 Å². The lowest BCUT2D eigenvalue weighted by Crippen LogP contribution is -2.29. The van der Waals surface area contributed by atoms with Crippen LogP contribution < -0.4 is 19.5 Å². The monoisotopic (exact) mass is 502 g/mol. The van der Waals surface area contributed by atoms with Crippen molar-refractivity contribution in [2.24, 2.45) is 0 Å². The van der Waals surface area contributed by atoms with E-state index in [9.17, 15) is 9.59 Å². The third kappa shape index (κ3) is 6.05. The van der Waals surface area contributed by atoms with Crippen LogP contribution in [0.2, 0.25) is 0 Å². The molecule has 3 aromatic rings. The molecule has 0 aliphatic carbocycles. The topological polar surface area (TPSA) is 77.1 Å². The van der Waals surface area contributed by atoms with Crippen LogP contribution in [-0.4, -0.2) is 49.6 Å². The van der Waals surface area contributed by atoms with Crippen LogP contribution in [0.1, 0.15) is 59.4 Å². The van der Waals surface area contributed by atoms with E-state index >= 15 is 0 Å². The second-order valence-electron chi connectivity index (χ2n) is 8.75. The van der Waals surface area contributed by atoms with Gasteiger partial charge in [0.25, 0.3) is 11.8 Å². The highest BCUT2D eigenvalue weighted by atomic mass is 16.5. The molecule has 37 heavy (non-hydrogen) atoms. The zero-order valence-corrected chi connectivity index (χ0v) is 21.7. The minimum absolute atomic E-state index is 0.0916. The lowest BCUT2D eigenvalue weighted by Gasteiger charge is -2.20. The summed E-state index contributed by atoms with van der Waals surface area (Å²) in [7, 11) is 0. The fourth-order valence-corrected chi connectivity index (χ4v) is 4.61. The number of amides is 2. The first-order valence-electron chi connectivity index (χ1n) is 12.9. The number of nitrogens with zero attached hydrogens (tertiary/aromatic N) is 1. The Bertz CT molecular complexity index is 1200. The van der Waals surface area contributed by atoms with Gasteiger partial charge in [0.2, 0.25) is 5.75 Å². The van der Waals surface area contributed by atoms with E-state index in [0.29, 0.717) is 72.9 Å². The molecule has 1 N–H and O–H groups in total. The first kappa shape index (κ1) is 26.1. The van der Waals surface area contributed by atoms with Crippen molar-refractivity contribution in [2.45, 2.75) is 33.1 Å². The normalized spacial score (nSPS) is 14.8. The van der Waals surface area contributed by atoms with Crippen LogP contribution in [0.5, 0.6) is 17.2 Å². The Labute approximate surface area is 218 Å². The maximum Gasteiger partial charge on any atom is 0.255 e. The van der Waals surface area contributed by atoms with Gasteiger partial charge in [0.1, 0.15) is 0 Å². The maximum absolute atomic E-state index is 13.5. The van der Waals surface area contributed by atoms with Gasteiger partial charge in [0.05, 0.1) is 31.1 Å². The van der Waals surface area contributed by atoms with Gasteiger partial charge < -0.3 is 24.4 Å². The molecule has 1 saturated heterocycles. The molecule has 0 radical (unpaired) electrons.